The number of anilines is 1. The first kappa shape index (κ1) is 12.0. The predicted octanol–water partition coefficient (Wildman–Crippen LogP) is 1.46. The summed E-state index contributed by atoms with van der Waals surface area (Å²) in [6.07, 6.45) is 1.24. The smallest absolute Gasteiger partial charge is 0.297 e. The molecule has 0 aliphatic heterocycles. The molecule has 0 radical (unpaired) electrons. The zero-order valence-corrected chi connectivity index (χ0v) is 10.1. The Morgan fingerprint density at radius 3 is 2.89 bits per heavy atom. The Kier molecular flexibility index (Phi) is 3.18. The van der Waals surface area contributed by atoms with Crippen molar-refractivity contribution in [3.8, 4) is 17.4 Å². The van der Waals surface area contributed by atoms with Crippen molar-refractivity contribution in [3.63, 3.8) is 0 Å². The van der Waals surface area contributed by atoms with Gasteiger partial charge in [-0.3, -0.25) is 4.79 Å². The minimum atomic E-state index is -0.409. The van der Waals surface area contributed by atoms with Gasteiger partial charge in [0, 0.05) is 0 Å². The van der Waals surface area contributed by atoms with E-state index in [1.807, 2.05) is 13.0 Å². The molecule has 0 fully saturated rings. The maximum Gasteiger partial charge on any atom is 0.297 e. The second kappa shape index (κ2) is 4.79. The molecule has 0 atom stereocenters. The molecular formula is C12H13N3O3. The van der Waals surface area contributed by atoms with E-state index >= 15 is 0 Å². The van der Waals surface area contributed by atoms with Gasteiger partial charge in [0.15, 0.2) is 5.75 Å². The van der Waals surface area contributed by atoms with Gasteiger partial charge in [-0.1, -0.05) is 6.07 Å². The fraction of sp³-hybridized carbons (Fsp3) is 0.167. The van der Waals surface area contributed by atoms with Crippen LogP contribution in [0.5, 0.6) is 17.4 Å². The SMILES string of the molecule is COc1c(Oc2cc(C)ccc2N)nc[nH]c1=O. The van der Waals surface area contributed by atoms with Crippen LogP contribution in [0.2, 0.25) is 0 Å². The fourth-order valence-electron chi connectivity index (χ4n) is 1.46. The van der Waals surface area contributed by atoms with Crippen LogP contribution in [0.1, 0.15) is 5.56 Å². The first-order chi connectivity index (χ1) is 8.61. The Bertz CT molecular complexity index is 622. The minimum absolute atomic E-state index is 0.0124. The van der Waals surface area contributed by atoms with E-state index in [9.17, 15) is 4.79 Å². The standard InChI is InChI=1S/C12H13N3O3/c1-7-3-4-8(13)9(5-7)18-12-10(17-2)11(16)14-6-15-12/h3-6H,13H2,1-2H3,(H,14,15,16). The summed E-state index contributed by atoms with van der Waals surface area (Å²) in [6.45, 7) is 1.91. The molecule has 18 heavy (non-hydrogen) atoms. The molecule has 0 bridgehead atoms. The molecule has 0 amide bonds. The summed E-state index contributed by atoms with van der Waals surface area (Å²) >= 11 is 0. The van der Waals surface area contributed by atoms with Crippen LogP contribution in [0, 0.1) is 6.92 Å². The average Bonchev–Trinajstić information content (AvgIpc) is 2.34. The molecule has 6 nitrogen and oxygen atoms in total. The number of aryl methyl sites for hydroxylation is 1. The zero-order chi connectivity index (χ0) is 13.1. The molecule has 2 rings (SSSR count). The zero-order valence-electron chi connectivity index (χ0n) is 10.1. The Labute approximate surface area is 103 Å². The van der Waals surface area contributed by atoms with Gasteiger partial charge in [0.2, 0.25) is 5.75 Å². The molecule has 0 saturated carbocycles. The van der Waals surface area contributed by atoms with Crippen LogP contribution in [-0.2, 0) is 0 Å². The highest BCUT2D eigenvalue weighted by atomic mass is 16.5. The van der Waals surface area contributed by atoms with Gasteiger partial charge in [-0.15, -0.1) is 0 Å². The largest absolute Gasteiger partial charge is 0.487 e. The number of rotatable bonds is 3. The van der Waals surface area contributed by atoms with Gasteiger partial charge in [0.05, 0.1) is 19.1 Å². The highest BCUT2D eigenvalue weighted by Gasteiger charge is 2.12. The number of hydrogen-bond acceptors (Lipinski definition) is 5. The Balaban J connectivity index is 2.43. The lowest BCUT2D eigenvalue weighted by Crippen LogP contribution is -2.11. The third-order valence-corrected chi connectivity index (χ3v) is 2.36. The van der Waals surface area contributed by atoms with Gasteiger partial charge >= 0.3 is 0 Å². The van der Waals surface area contributed by atoms with Gasteiger partial charge < -0.3 is 20.2 Å². The number of aromatic nitrogens is 2. The van der Waals surface area contributed by atoms with E-state index < -0.39 is 5.56 Å². The van der Waals surface area contributed by atoms with Crippen molar-refractivity contribution >= 4 is 5.69 Å². The number of hydrogen-bond donors (Lipinski definition) is 2. The number of nitrogen functional groups attached to an aromatic ring is 1. The monoisotopic (exact) mass is 247 g/mol. The molecule has 3 N–H and O–H groups in total. The molecular weight excluding hydrogens is 234 g/mol. The maximum absolute atomic E-state index is 11.5. The van der Waals surface area contributed by atoms with Gasteiger partial charge in [-0.05, 0) is 24.6 Å². The van der Waals surface area contributed by atoms with Crippen LogP contribution in [0.4, 0.5) is 5.69 Å². The molecule has 1 aromatic carbocycles. The van der Waals surface area contributed by atoms with Crippen molar-refractivity contribution in [2.24, 2.45) is 0 Å². The molecule has 6 heteroatoms. The predicted molar refractivity (Wildman–Crippen MR) is 67.1 cm³/mol. The number of benzene rings is 1. The number of nitrogens with one attached hydrogen (secondary N) is 1. The number of nitrogens with two attached hydrogens (primary N) is 1. The number of aromatic amines is 1. The third kappa shape index (κ3) is 2.27. The Morgan fingerprint density at radius 2 is 2.17 bits per heavy atom. The maximum atomic E-state index is 11.5. The molecule has 1 heterocycles. The number of nitrogens with zero attached hydrogens (tertiary/aromatic N) is 1. The highest BCUT2D eigenvalue weighted by molar-refractivity contribution is 5.55. The van der Waals surface area contributed by atoms with Gasteiger partial charge in [0.1, 0.15) is 0 Å². The number of H-pyrrole nitrogens is 1. The van der Waals surface area contributed by atoms with Crippen molar-refractivity contribution in [2.75, 3.05) is 12.8 Å². The van der Waals surface area contributed by atoms with Gasteiger partial charge in [-0.2, -0.15) is 0 Å². The summed E-state index contributed by atoms with van der Waals surface area (Å²) in [6, 6.07) is 5.35. The first-order valence-corrected chi connectivity index (χ1v) is 5.27. The topological polar surface area (TPSA) is 90.2 Å². The van der Waals surface area contributed by atoms with Crippen molar-refractivity contribution in [1.82, 2.24) is 9.97 Å². The molecule has 0 aliphatic carbocycles. The summed E-state index contributed by atoms with van der Waals surface area (Å²) in [5, 5.41) is 0. The second-order valence-corrected chi connectivity index (χ2v) is 3.71. The van der Waals surface area contributed by atoms with Crippen molar-refractivity contribution < 1.29 is 9.47 Å². The van der Waals surface area contributed by atoms with Gasteiger partial charge in [0.25, 0.3) is 11.4 Å². The lowest BCUT2D eigenvalue weighted by molar-refractivity contribution is 0.363. The van der Waals surface area contributed by atoms with E-state index in [0.717, 1.165) is 5.56 Å². The van der Waals surface area contributed by atoms with E-state index in [4.69, 9.17) is 15.2 Å². The molecule has 1 aromatic heterocycles. The molecule has 0 aliphatic rings. The minimum Gasteiger partial charge on any atom is -0.487 e. The Hall–Kier alpha value is -2.50. The van der Waals surface area contributed by atoms with E-state index in [2.05, 4.69) is 9.97 Å². The summed E-state index contributed by atoms with van der Waals surface area (Å²) in [7, 11) is 1.37. The summed E-state index contributed by atoms with van der Waals surface area (Å²) in [4.78, 5) is 17.8. The number of methoxy groups -OCH3 is 1. The molecule has 0 spiro atoms. The lowest BCUT2D eigenvalue weighted by atomic mass is 10.2. The van der Waals surface area contributed by atoms with Crippen LogP contribution in [-0.4, -0.2) is 17.1 Å². The van der Waals surface area contributed by atoms with E-state index in [1.54, 1.807) is 12.1 Å². The second-order valence-electron chi connectivity index (χ2n) is 3.71. The van der Waals surface area contributed by atoms with Crippen LogP contribution in [0.25, 0.3) is 0 Å². The fourth-order valence-corrected chi connectivity index (χ4v) is 1.46. The molecule has 0 unspecified atom stereocenters. The van der Waals surface area contributed by atoms with Crippen molar-refractivity contribution in [2.45, 2.75) is 6.92 Å². The lowest BCUT2D eigenvalue weighted by Gasteiger charge is -2.10. The molecule has 94 valence electrons. The van der Waals surface area contributed by atoms with Crippen LogP contribution in [0.3, 0.4) is 0 Å². The number of ether oxygens (including phenoxy) is 2. The molecule has 0 saturated heterocycles. The average molecular weight is 247 g/mol. The first-order valence-electron chi connectivity index (χ1n) is 5.27. The van der Waals surface area contributed by atoms with Crippen molar-refractivity contribution in [1.29, 1.82) is 0 Å². The third-order valence-electron chi connectivity index (χ3n) is 2.36. The quantitative estimate of drug-likeness (QED) is 0.801. The molecule has 2 aromatic rings. The normalized spacial score (nSPS) is 10.1. The summed E-state index contributed by atoms with van der Waals surface area (Å²) in [5.41, 5.74) is 6.83. The van der Waals surface area contributed by atoms with Crippen LogP contribution in [0.15, 0.2) is 29.3 Å². The van der Waals surface area contributed by atoms with E-state index in [0.29, 0.717) is 11.4 Å². The van der Waals surface area contributed by atoms with Crippen LogP contribution < -0.4 is 20.8 Å². The van der Waals surface area contributed by atoms with Crippen molar-refractivity contribution in [3.05, 3.63) is 40.4 Å². The van der Waals surface area contributed by atoms with Gasteiger partial charge in [-0.25, -0.2) is 4.98 Å². The van der Waals surface area contributed by atoms with E-state index in [1.165, 1.54) is 13.4 Å². The van der Waals surface area contributed by atoms with E-state index in [-0.39, 0.29) is 11.6 Å². The van der Waals surface area contributed by atoms with Crippen LogP contribution >= 0.6 is 0 Å². The highest BCUT2D eigenvalue weighted by Crippen LogP contribution is 2.30. The summed E-state index contributed by atoms with van der Waals surface area (Å²) in [5.74, 6) is 0.531. The summed E-state index contributed by atoms with van der Waals surface area (Å²) < 4.78 is 10.5. The Morgan fingerprint density at radius 1 is 1.39 bits per heavy atom.